The van der Waals surface area contributed by atoms with Crippen molar-refractivity contribution in [3.8, 4) is 0 Å². The molecule has 0 radical (unpaired) electrons. The van der Waals surface area contributed by atoms with Crippen LogP contribution < -0.4 is 10.6 Å². The molecule has 2 N–H and O–H groups in total. The molecule has 4 nitrogen and oxygen atoms in total. The molecule has 0 bridgehead atoms. The van der Waals surface area contributed by atoms with E-state index in [1.165, 1.54) is 23.3 Å². The second-order valence-corrected chi connectivity index (χ2v) is 7.52. The maximum absolute atomic E-state index is 13.1. The summed E-state index contributed by atoms with van der Waals surface area (Å²) in [6.07, 6.45) is 1.14. The van der Waals surface area contributed by atoms with E-state index in [-0.39, 0.29) is 5.82 Å². The van der Waals surface area contributed by atoms with Crippen molar-refractivity contribution in [2.45, 2.75) is 18.4 Å². The molecule has 1 heterocycles. The Kier molecular flexibility index (Phi) is 3.62. The second-order valence-electron chi connectivity index (χ2n) is 7.52. The summed E-state index contributed by atoms with van der Waals surface area (Å²) in [7, 11) is 0. The monoisotopic (exact) mass is 350 g/mol. The van der Waals surface area contributed by atoms with Crippen LogP contribution in [0.2, 0.25) is 0 Å². The minimum atomic E-state index is -0.194. The van der Waals surface area contributed by atoms with E-state index in [0.717, 1.165) is 38.3 Å². The van der Waals surface area contributed by atoms with Gasteiger partial charge in [-0.2, -0.15) is 0 Å². The number of guanidine groups is 1. The van der Waals surface area contributed by atoms with Crippen LogP contribution in [0.3, 0.4) is 0 Å². The molecule has 3 unspecified atom stereocenters. The molecule has 2 aromatic carbocycles. The first kappa shape index (κ1) is 15.7. The quantitative estimate of drug-likeness (QED) is 0.669. The van der Waals surface area contributed by atoms with Gasteiger partial charge < -0.3 is 15.5 Å². The molecular formula is C21H23FN4. The largest absolute Gasteiger partial charge is 0.370 e. The van der Waals surface area contributed by atoms with Gasteiger partial charge in [0.15, 0.2) is 5.96 Å². The van der Waals surface area contributed by atoms with Gasteiger partial charge in [-0.05, 0) is 47.7 Å². The van der Waals surface area contributed by atoms with Gasteiger partial charge in [0.2, 0.25) is 0 Å². The number of nitrogens with two attached hydrogens (primary N) is 1. The van der Waals surface area contributed by atoms with E-state index in [0.29, 0.717) is 23.8 Å². The van der Waals surface area contributed by atoms with Crippen molar-refractivity contribution in [2.75, 3.05) is 31.1 Å². The van der Waals surface area contributed by atoms with Crippen LogP contribution in [-0.4, -0.2) is 43.1 Å². The average Bonchev–Trinajstić information content (AvgIpc) is 3.18. The molecule has 3 atom stereocenters. The van der Waals surface area contributed by atoms with Gasteiger partial charge in [-0.3, -0.25) is 0 Å². The van der Waals surface area contributed by atoms with E-state index < -0.39 is 0 Å². The lowest BCUT2D eigenvalue weighted by Gasteiger charge is -2.36. The predicted molar refractivity (Wildman–Crippen MR) is 102 cm³/mol. The Bertz CT molecular complexity index is 839. The van der Waals surface area contributed by atoms with Gasteiger partial charge in [0, 0.05) is 37.8 Å². The summed E-state index contributed by atoms with van der Waals surface area (Å²) in [6, 6.07) is 15.8. The fourth-order valence-corrected chi connectivity index (χ4v) is 4.57. The molecule has 2 aromatic rings. The van der Waals surface area contributed by atoms with E-state index in [1.54, 1.807) is 0 Å². The molecule has 2 aliphatic carbocycles. The topological polar surface area (TPSA) is 44.9 Å². The molecule has 0 aromatic heterocycles. The highest BCUT2D eigenvalue weighted by atomic mass is 19.1. The first-order valence-electron chi connectivity index (χ1n) is 9.37. The van der Waals surface area contributed by atoms with Gasteiger partial charge in [0.25, 0.3) is 0 Å². The van der Waals surface area contributed by atoms with Crippen molar-refractivity contribution in [2.24, 2.45) is 16.6 Å². The van der Waals surface area contributed by atoms with E-state index in [9.17, 15) is 4.39 Å². The number of halogens is 1. The Balaban J connectivity index is 1.21. The van der Waals surface area contributed by atoms with Crippen molar-refractivity contribution in [1.29, 1.82) is 0 Å². The summed E-state index contributed by atoms with van der Waals surface area (Å²) in [5.74, 6) is 1.71. The third kappa shape index (κ3) is 2.62. The van der Waals surface area contributed by atoms with Crippen LogP contribution >= 0.6 is 0 Å². The van der Waals surface area contributed by atoms with Gasteiger partial charge in [-0.25, -0.2) is 9.38 Å². The Morgan fingerprint density at radius 3 is 2.50 bits per heavy atom. The molecule has 0 spiro atoms. The molecule has 1 saturated carbocycles. The van der Waals surface area contributed by atoms with Crippen molar-refractivity contribution >= 4 is 11.6 Å². The number of nitrogens with zero attached hydrogens (tertiary/aromatic N) is 3. The summed E-state index contributed by atoms with van der Waals surface area (Å²) < 4.78 is 13.1. The van der Waals surface area contributed by atoms with Gasteiger partial charge in [0.05, 0.1) is 6.04 Å². The Morgan fingerprint density at radius 1 is 1.00 bits per heavy atom. The molecular weight excluding hydrogens is 327 g/mol. The number of fused-ring (bicyclic) bond motifs is 3. The van der Waals surface area contributed by atoms with Crippen LogP contribution in [0.5, 0.6) is 0 Å². The van der Waals surface area contributed by atoms with Crippen molar-refractivity contribution in [1.82, 2.24) is 4.90 Å². The van der Waals surface area contributed by atoms with Crippen LogP contribution in [0.1, 0.15) is 17.0 Å². The van der Waals surface area contributed by atoms with Crippen LogP contribution in [0.4, 0.5) is 10.1 Å². The highest BCUT2D eigenvalue weighted by Gasteiger charge is 2.56. The summed E-state index contributed by atoms with van der Waals surface area (Å²) in [5.41, 5.74) is 10.3. The Labute approximate surface area is 153 Å². The van der Waals surface area contributed by atoms with Crippen LogP contribution in [0.25, 0.3) is 0 Å². The van der Waals surface area contributed by atoms with Gasteiger partial charge >= 0.3 is 0 Å². The lowest BCUT2D eigenvalue weighted by molar-refractivity contribution is 0.380. The predicted octanol–water partition coefficient (Wildman–Crippen LogP) is 2.60. The summed E-state index contributed by atoms with van der Waals surface area (Å²) in [6.45, 7) is 3.46. The number of aliphatic imine (C=N–C) groups is 1. The smallest absolute Gasteiger partial charge is 0.191 e. The van der Waals surface area contributed by atoms with Crippen molar-refractivity contribution in [3.05, 3.63) is 65.5 Å². The maximum atomic E-state index is 13.1. The zero-order chi connectivity index (χ0) is 17.7. The number of anilines is 1. The molecule has 1 aliphatic heterocycles. The van der Waals surface area contributed by atoms with E-state index >= 15 is 0 Å². The minimum Gasteiger partial charge on any atom is -0.370 e. The normalized spacial score (nSPS) is 27.3. The van der Waals surface area contributed by atoms with Crippen LogP contribution in [-0.2, 0) is 6.42 Å². The van der Waals surface area contributed by atoms with Gasteiger partial charge in [-0.1, -0.05) is 24.3 Å². The number of piperazine rings is 1. The SMILES string of the molecule is NC(=NC1C2Cc3ccccc3C21)N1CCN(c2ccc(F)cc2)CC1. The van der Waals surface area contributed by atoms with Crippen molar-refractivity contribution < 1.29 is 4.39 Å². The molecule has 134 valence electrons. The summed E-state index contributed by atoms with van der Waals surface area (Å²) >= 11 is 0. The fraction of sp³-hybridized carbons (Fsp3) is 0.381. The molecule has 0 amide bonds. The maximum Gasteiger partial charge on any atom is 0.191 e. The van der Waals surface area contributed by atoms with E-state index in [2.05, 4.69) is 34.1 Å². The van der Waals surface area contributed by atoms with Gasteiger partial charge in [-0.15, -0.1) is 0 Å². The lowest BCUT2D eigenvalue weighted by atomic mass is 10.1. The molecule has 3 aliphatic rings. The third-order valence-electron chi connectivity index (χ3n) is 6.07. The average molecular weight is 350 g/mol. The number of benzene rings is 2. The molecule has 2 fully saturated rings. The first-order chi connectivity index (χ1) is 12.7. The minimum absolute atomic E-state index is 0.194. The fourth-order valence-electron chi connectivity index (χ4n) is 4.57. The zero-order valence-electron chi connectivity index (χ0n) is 14.7. The van der Waals surface area contributed by atoms with Crippen molar-refractivity contribution in [3.63, 3.8) is 0 Å². The lowest BCUT2D eigenvalue weighted by Crippen LogP contribution is -2.51. The third-order valence-corrected chi connectivity index (χ3v) is 6.07. The Hall–Kier alpha value is -2.56. The first-order valence-corrected chi connectivity index (χ1v) is 9.37. The molecule has 5 rings (SSSR count). The number of hydrogen-bond donors (Lipinski definition) is 1. The Morgan fingerprint density at radius 2 is 1.73 bits per heavy atom. The molecule has 26 heavy (non-hydrogen) atoms. The van der Waals surface area contributed by atoms with Crippen LogP contribution in [0.15, 0.2) is 53.5 Å². The zero-order valence-corrected chi connectivity index (χ0v) is 14.7. The van der Waals surface area contributed by atoms with E-state index in [1.807, 2.05) is 12.1 Å². The summed E-state index contributed by atoms with van der Waals surface area (Å²) in [4.78, 5) is 9.31. The van der Waals surface area contributed by atoms with Gasteiger partial charge in [0.1, 0.15) is 5.82 Å². The number of hydrogen-bond acceptors (Lipinski definition) is 2. The number of rotatable bonds is 2. The standard InChI is InChI=1S/C21H23FN4/c22-15-5-7-16(8-6-15)25-9-11-26(12-10-25)21(23)24-20-18-13-14-3-1-2-4-17(14)19(18)20/h1-8,18-20H,9-13H2,(H2,23,24). The van der Waals surface area contributed by atoms with E-state index in [4.69, 9.17) is 10.7 Å². The highest BCUT2D eigenvalue weighted by Crippen LogP contribution is 2.58. The second kappa shape index (κ2) is 6.01. The highest BCUT2D eigenvalue weighted by molar-refractivity contribution is 5.79. The molecule has 1 saturated heterocycles. The molecule has 5 heteroatoms. The summed E-state index contributed by atoms with van der Waals surface area (Å²) in [5, 5.41) is 0. The van der Waals surface area contributed by atoms with Crippen LogP contribution in [0, 0.1) is 11.7 Å².